The molecule has 0 bridgehead atoms. The van der Waals surface area contributed by atoms with E-state index in [1.807, 2.05) is 23.6 Å². The van der Waals surface area contributed by atoms with E-state index in [1.54, 1.807) is 6.33 Å². The van der Waals surface area contributed by atoms with Gasteiger partial charge in [-0.05, 0) is 72.6 Å². The zero-order chi connectivity index (χ0) is 21.4. The van der Waals surface area contributed by atoms with Crippen LogP contribution in [0.5, 0.6) is 0 Å². The SMILES string of the molecule is Cc1cc(C2CCCN(Cc3cc(-c4ccc(Cl)cc4)ccc3P)C2)n2ncnc2n1. The molecule has 0 amide bonds. The smallest absolute Gasteiger partial charge is 0.252 e. The molecular weight excluding hydrogens is 425 g/mol. The van der Waals surface area contributed by atoms with Gasteiger partial charge in [0.05, 0.1) is 5.69 Å². The Morgan fingerprint density at radius 2 is 1.90 bits per heavy atom. The summed E-state index contributed by atoms with van der Waals surface area (Å²) in [6.07, 6.45) is 3.92. The van der Waals surface area contributed by atoms with E-state index in [0.717, 1.165) is 36.8 Å². The fourth-order valence-electron chi connectivity index (χ4n) is 4.50. The fraction of sp³-hybridized carbons (Fsp3) is 0.292. The summed E-state index contributed by atoms with van der Waals surface area (Å²) in [5.41, 5.74) is 5.96. The van der Waals surface area contributed by atoms with Gasteiger partial charge in [0.25, 0.3) is 5.78 Å². The van der Waals surface area contributed by atoms with E-state index in [-0.39, 0.29) is 0 Å². The second-order valence-corrected chi connectivity index (χ2v) is 9.35. The van der Waals surface area contributed by atoms with Crippen LogP contribution in [0.15, 0.2) is 54.9 Å². The first kappa shape index (κ1) is 20.6. The lowest BCUT2D eigenvalue weighted by atomic mass is 9.93. The highest BCUT2D eigenvalue weighted by Gasteiger charge is 2.25. The molecule has 2 unspecified atom stereocenters. The third kappa shape index (κ3) is 4.36. The third-order valence-electron chi connectivity index (χ3n) is 6.05. The molecule has 158 valence electrons. The number of hydrogen-bond acceptors (Lipinski definition) is 4. The van der Waals surface area contributed by atoms with Crippen LogP contribution in [0.1, 0.15) is 35.7 Å². The van der Waals surface area contributed by atoms with Crippen molar-refractivity contribution in [3.05, 3.63) is 76.8 Å². The molecule has 2 aromatic heterocycles. The highest BCUT2D eigenvalue weighted by atomic mass is 35.5. The van der Waals surface area contributed by atoms with Crippen LogP contribution in [-0.4, -0.2) is 37.6 Å². The number of aryl methyl sites for hydroxylation is 1. The molecule has 5 rings (SSSR count). The van der Waals surface area contributed by atoms with Crippen LogP contribution in [0.4, 0.5) is 0 Å². The van der Waals surface area contributed by atoms with Gasteiger partial charge in [-0.25, -0.2) is 9.50 Å². The molecule has 2 atom stereocenters. The molecule has 0 spiro atoms. The molecule has 3 heterocycles. The van der Waals surface area contributed by atoms with Crippen molar-refractivity contribution in [1.29, 1.82) is 0 Å². The first-order valence-electron chi connectivity index (χ1n) is 10.6. The Hall–Kier alpha value is -2.33. The van der Waals surface area contributed by atoms with Crippen LogP contribution < -0.4 is 5.30 Å². The average molecular weight is 450 g/mol. The number of hydrogen-bond donors (Lipinski definition) is 0. The number of fused-ring (bicyclic) bond motifs is 1. The van der Waals surface area contributed by atoms with Gasteiger partial charge in [0.15, 0.2) is 0 Å². The summed E-state index contributed by atoms with van der Waals surface area (Å²) in [7, 11) is 2.89. The van der Waals surface area contributed by atoms with Crippen LogP contribution in [0.25, 0.3) is 16.9 Å². The van der Waals surface area contributed by atoms with Crippen molar-refractivity contribution >= 4 is 31.9 Å². The summed E-state index contributed by atoms with van der Waals surface area (Å²) >= 11 is 6.06. The van der Waals surface area contributed by atoms with E-state index < -0.39 is 0 Å². The third-order valence-corrected chi connectivity index (χ3v) is 6.86. The maximum absolute atomic E-state index is 6.06. The Labute approximate surface area is 189 Å². The lowest BCUT2D eigenvalue weighted by Gasteiger charge is -2.33. The maximum Gasteiger partial charge on any atom is 0.252 e. The van der Waals surface area contributed by atoms with Crippen LogP contribution in [-0.2, 0) is 6.54 Å². The minimum absolute atomic E-state index is 0.423. The number of rotatable bonds is 4. The van der Waals surface area contributed by atoms with Gasteiger partial charge >= 0.3 is 0 Å². The van der Waals surface area contributed by atoms with Crippen LogP contribution in [0.3, 0.4) is 0 Å². The van der Waals surface area contributed by atoms with Crippen molar-refractivity contribution in [3.8, 4) is 11.1 Å². The Bertz CT molecular complexity index is 1220. The van der Waals surface area contributed by atoms with Crippen molar-refractivity contribution in [3.63, 3.8) is 0 Å². The second-order valence-electron chi connectivity index (χ2n) is 8.29. The molecule has 31 heavy (non-hydrogen) atoms. The number of piperidine rings is 1. The fourth-order valence-corrected chi connectivity index (χ4v) is 4.89. The molecule has 0 N–H and O–H groups in total. The largest absolute Gasteiger partial charge is 0.298 e. The standard InChI is InChI=1S/C24H25ClN5P/c1-16-11-22(30-24(28-16)26-15-27-30)19-3-2-10-29(13-19)14-20-12-18(6-9-23(20)31)17-4-7-21(25)8-5-17/h4-9,11-12,15,19H,2-3,10,13-14,31H2,1H3. The summed E-state index contributed by atoms with van der Waals surface area (Å²) in [5, 5.41) is 6.43. The summed E-state index contributed by atoms with van der Waals surface area (Å²) in [5.74, 6) is 1.11. The quantitative estimate of drug-likeness (QED) is 0.426. The molecule has 7 heteroatoms. The van der Waals surface area contributed by atoms with Gasteiger partial charge in [-0.2, -0.15) is 10.1 Å². The molecule has 4 aromatic rings. The van der Waals surface area contributed by atoms with E-state index in [4.69, 9.17) is 11.6 Å². The van der Waals surface area contributed by atoms with Gasteiger partial charge < -0.3 is 0 Å². The normalized spacial score (nSPS) is 17.3. The first-order valence-corrected chi connectivity index (χ1v) is 11.6. The predicted octanol–water partition coefficient (Wildman–Crippen LogP) is 4.63. The minimum atomic E-state index is 0.423. The molecule has 1 fully saturated rings. The minimum Gasteiger partial charge on any atom is -0.298 e. The predicted molar refractivity (Wildman–Crippen MR) is 129 cm³/mol. The Kier molecular flexibility index (Phi) is 5.75. The number of halogens is 1. The van der Waals surface area contributed by atoms with E-state index in [1.165, 1.54) is 34.1 Å². The Balaban J connectivity index is 1.38. The molecular formula is C24H25ClN5P. The maximum atomic E-state index is 6.06. The summed E-state index contributed by atoms with van der Waals surface area (Å²) in [6.45, 7) is 5.08. The first-order chi connectivity index (χ1) is 15.1. The molecule has 1 saturated heterocycles. The van der Waals surface area contributed by atoms with Gasteiger partial charge in [-0.15, -0.1) is 9.24 Å². The van der Waals surface area contributed by atoms with Crippen LogP contribution in [0, 0.1) is 6.92 Å². The van der Waals surface area contributed by atoms with Crippen LogP contribution >= 0.6 is 20.8 Å². The molecule has 0 radical (unpaired) electrons. The van der Waals surface area contributed by atoms with E-state index in [2.05, 4.69) is 65.6 Å². The molecule has 1 aliphatic rings. The Morgan fingerprint density at radius 3 is 2.74 bits per heavy atom. The van der Waals surface area contributed by atoms with Gasteiger partial charge in [0, 0.05) is 29.7 Å². The van der Waals surface area contributed by atoms with E-state index >= 15 is 0 Å². The summed E-state index contributed by atoms with van der Waals surface area (Å²) in [4.78, 5) is 11.3. The lowest BCUT2D eigenvalue weighted by Crippen LogP contribution is -2.35. The van der Waals surface area contributed by atoms with Crippen LogP contribution in [0.2, 0.25) is 5.02 Å². The second kappa shape index (κ2) is 8.66. The number of aromatic nitrogens is 4. The zero-order valence-corrected chi connectivity index (χ0v) is 19.4. The average Bonchev–Trinajstić information content (AvgIpc) is 3.24. The number of nitrogens with zero attached hydrogens (tertiary/aromatic N) is 5. The molecule has 2 aromatic carbocycles. The Morgan fingerprint density at radius 1 is 1.10 bits per heavy atom. The van der Waals surface area contributed by atoms with Gasteiger partial charge in [0.1, 0.15) is 6.33 Å². The van der Waals surface area contributed by atoms with Crippen molar-refractivity contribution in [2.45, 2.75) is 32.2 Å². The van der Waals surface area contributed by atoms with Crippen molar-refractivity contribution in [1.82, 2.24) is 24.5 Å². The monoisotopic (exact) mass is 449 g/mol. The van der Waals surface area contributed by atoms with Crippen molar-refractivity contribution in [2.75, 3.05) is 13.1 Å². The number of benzene rings is 2. The van der Waals surface area contributed by atoms with Crippen molar-refractivity contribution in [2.24, 2.45) is 0 Å². The molecule has 0 aliphatic carbocycles. The summed E-state index contributed by atoms with van der Waals surface area (Å²) < 4.78 is 1.91. The van der Waals surface area contributed by atoms with E-state index in [0.29, 0.717) is 11.7 Å². The van der Waals surface area contributed by atoms with E-state index in [9.17, 15) is 0 Å². The van der Waals surface area contributed by atoms with Gasteiger partial charge in [0.2, 0.25) is 0 Å². The topological polar surface area (TPSA) is 46.3 Å². The molecule has 1 aliphatic heterocycles. The highest BCUT2D eigenvalue weighted by molar-refractivity contribution is 7.27. The zero-order valence-electron chi connectivity index (χ0n) is 17.5. The highest BCUT2D eigenvalue weighted by Crippen LogP contribution is 2.29. The number of likely N-dealkylation sites (tertiary alicyclic amines) is 1. The summed E-state index contributed by atoms with van der Waals surface area (Å²) in [6, 6.07) is 16.9. The molecule has 0 saturated carbocycles. The molecule has 5 nitrogen and oxygen atoms in total. The van der Waals surface area contributed by atoms with Gasteiger partial charge in [-0.1, -0.05) is 35.9 Å². The van der Waals surface area contributed by atoms with Crippen molar-refractivity contribution < 1.29 is 0 Å². The van der Waals surface area contributed by atoms with Gasteiger partial charge in [-0.3, -0.25) is 4.90 Å². The lowest BCUT2D eigenvalue weighted by molar-refractivity contribution is 0.198.